The van der Waals surface area contributed by atoms with Crippen molar-refractivity contribution in [1.29, 1.82) is 5.26 Å². The fraction of sp³-hybridized carbons (Fsp3) is 0.267. The van der Waals surface area contributed by atoms with Gasteiger partial charge in [0.1, 0.15) is 6.61 Å². The van der Waals surface area contributed by atoms with Crippen molar-refractivity contribution >= 4 is 33.9 Å². The molecule has 6 heteroatoms. The van der Waals surface area contributed by atoms with Crippen molar-refractivity contribution in [3.63, 3.8) is 0 Å². The van der Waals surface area contributed by atoms with Gasteiger partial charge in [-0.05, 0) is 38.2 Å². The van der Waals surface area contributed by atoms with Crippen molar-refractivity contribution in [2.75, 3.05) is 11.5 Å². The third-order valence-corrected chi connectivity index (χ3v) is 4.46. The minimum absolute atomic E-state index is 0.184. The van der Waals surface area contributed by atoms with Crippen molar-refractivity contribution in [3.8, 4) is 17.3 Å². The number of ether oxygens (including phenoxy) is 1. The molecule has 1 fully saturated rings. The summed E-state index contributed by atoms with van der Waals surface area (Å²) in [5.41, 5.74) is 2.33. The fourth-order valence-corrected chi connectivity index (χ4v) is 3.61. The first-order valence-corrected chi connectivity index (χ1v) is 7.73. The minimum atomic E-state index is -0.184. The van der Waals surface area contributed by atoms with Crippen LogP contribution in [0.5, 0.6) is 0 Å². The molecule has 0 bridgehead atoms. The van der Waals surface area contributed by atoms with E-state index in [1.165, 1.54) is 11.3 Å². The van der Waals surface area contributed by atoms with Crippen molar-refractivity contribution in [2.45, 2.75) is 19.4 Å². The van der Waals surface area contributed by atoms with Crippen LogP contribution in [0.4, 0.5) is 5.13 Å². The van der Waals surface area contributed by atoms with E-state index >= 15 is 0 Å². The molecule has 0 spiro atoms. The summed E-state index contributed by atoms with van der Waals surface area (Å²) in [5, 5.41) is 12.1. The van der Waals surface area contributed by atoms with Gasteiger partial charge in [-0.1, -0.05) is 12.1 Å². The van der Waals surface area contributed by atoms with E-state index in [1.54, 1.807) is 12.1 Å². The second kappa shape index (κ2) is 5.10. The molecule has 0 amide bonds. The van der Waals surface area contributed by atoms with Gasteiger partial charge in [0.25, 0.3) is 5.17 Å². The number of aromatic nitrogens is 1. The number of hydrogen-bond acceptors (Lipinski definition) is 5. The van der Waals surface area contributed by atoms with Gasteiger partial charge in [0, 0.05) is 10.9 Å². The van der Waals surface area contributed by atoms with Gasteiger partial charge < -0.3 is 4.74 Å². The maximum Gasteiger partial charge on any atom is 0.266 e. The van der Waals surface area contributed by atoms with Crippen molar-refractivity contribution < 1.29 is 4.74 Å². The Morgan fingerprint density at radius 3 is 2.67 bits per heavy atom. The maximum absolute atomic E-state index is 8.84. The summed E-state index contributed by atoms with van der Waals surface area (Å²) in [6.45, 7) is 4.72. The standard InChI is InChI=1S/C15H13N3OS2/c1-15(2)9-19-14(20)18(15)13-17-12(8-21-13)11-5-3-10(7-16)4-6-11/h3-6,8H,9H2,1-2H3. The molecule has 0 aliphatic carbocycles. The Balaban J connectivity index is 1.93. The monoisotopic (exact) mass is 315 g/mol. The Hall–Kier alpha value is -1.97. The molecular weight excluding hydrogens is 302 g/mol. The molecule has 2 aromatic rings. The molecule has 3 rings (SSSR count). The molecule has 4 nitrogen and oxygen atoms in total. The Labute approximate surface area is 132 Å². The summed E-state index contributed by atoms with van der Waals surface area (Å²) in [6.07, 6.45) is 0. The average molecular weight is 315 g/mol. The summed E-state index contributed by atoms with van der Waals surface area (Å²) in [7, 11) is 0. The molecule has 1 saturated heterocycles. The Morgan fingerprint density at radius 2 is 2.10 bits per heavy atom. The molecule has 0 atom stereocenters. The summed E-state index contributed by atoms with van der Waals surface area (Å²) in [4.78, 5) is 6.62. The molecule has 0 N–H and O–H groups in total. The molecule has 1 aliphatic heterocycles. The van der Waals surface area contributed by atoms with E-state index in [4.69, 9.17) is 22.2 Å². The number of thiocarbonyl (C=S) groups is 1. The molecule has 21 heavy (non-hydrogen) atoms. The van der Waals surface area contributed by atoms with Gasteiger partial charge >= 0.3 is 0 Å². The molecule has 1 aromatic heterocycles. The van der Waals surface area contributed by atoms with Crippen molar-refractivity contribution in [2.24, 2.45) is 0 Å². The molecular formula is C15H13N3OS2. The van der Waals surface area contributed by atoms with E-state index in [2.05, 4.69) is 24.9 Å². The predicted molar refractivity (Wildman–Crippen MR) is 87.4 cm³/mol. The van der Waals surface area contributed by atoms with Crippen LogP contribution >= 0.6 is 23.6 Å². The summed E-state index contributed by atoms with van der Waals surface area (Å²) < 4.78 is 5.47. The molecule has 2 heterocycles. The summed E-state index contributed by atoms with van der Waals surface area (Å²) >= 11 is 6.80. The van der Waals surface area contributed by atoms with E-state index in [1.807, 2.05) is 22.4 Å². The number of nitrogens with zero attached hydrogens (tertiary/aromatic N) is 3. The number of thiazole rings is 1. The van der Waals surface area contributed by atoms with Crippen LogP contribution in [-0.2, 0) is 4.74 Å². The lowest BCUT2D eigenvalue weighted by Crippen LogP contribution is -2.41. The van der Waals surface area contributed by atoms with Gasteiger partial charge in [0.05, 0.1) is 22.9 Å². The normalized spacial score (nSPS) is 16.6. The van der Waals surface area contributed by atoms with Crippen LogP contribution in [-0.4, -0.2) is 22.3 Å². The lowest BCUT2D eigenvalue weighted by Gasteiger charge is -2.26. The number of anilines is 1. The Morgan fingerprint density at radius 1 is 1.38 bits per heavy atom. The van der Waals surface area contributed by atoms with Crippen LogP contribution in [0.15, 0.2) is 29.6 Å². The van der Waals surface area contributed by atoms with E-state index < -0.39 is 0 Å². The van der Waals surface area contributed by atoms with Crippen LogP contribution in [0.25, 0.3) is 11.3 Å². The number of benzene rings is 1. The second-order valence-corrected chi connectivity index (χ2v) is 6.59. The first-order valence-electron chi connectivity index (χ1n) is 6.44. The molecule has 0 saturated carbocycles. The zero-order valence-corrected chi connectivity index (χ0v) is 13.3. The first-order chi connectivity index (χ1) is 10.0. The van der Waals surface area contributed by atoms with Gasteiger partial charge in [-0.25, -0.2) is 4.98 Å². The van der Waals surface area contributed by atoms with E-state index in [0.717, 1.165) is 16.4 Å². The van der Waals surface area contributed by atoms with Crippen LogP contribution in [0.3, 0.4) is 0 Å². The molecule has 0 radical (unpaired) electrons. The maximum atomic E-state index is 8.84. The topological polar surface area (TPSA) is 49.1 Å². The highest BCUT2D eigenvalue weighted by atomic mass is 32.1. The third kappa shape index (κ3) is 2.50. The molecule has 1 aliphatic rings. The van der Waals surface area contributed by atoms with Gasteiger partial charge in [-0.2, -0.15) is 5.26 Å². The molecule has 0 unspecified atom stereocenters. The first kappa shape index (κ1) is 14.0. The second-order valence-electron chi connectivity index (χ2n) is 5.41. The van der Waals surface area contributed by atoms with E-state index in [0.29, 0.717) is 17.3 Å². The van der Waals surface area contributed by atoms with Crippen LogP contribution < -0.4 is 4.90 Å². The zero-order chi connectivity index (χ0) is 15.0. The van der Waals surface area contributed by atoms with Gasteiger partial charge in [-0.15, -0.1) is 11.3 Å². The zero-order valence-electron chi connectivity index (χ0n) is 11.7. The quantitative estimate of drug-likeness (QED) is 0.793. The SMILES string of the molecule is CC1(C)COC(=S)N1c1nc(-c2ccc(C#N)cc2)cs1. The number of rotatable bonds is 2. The van der Waals surface area contributed by atoms with Crippen LogP contribution in [0, 0.1) is 11.3 Å². The van der Waals surface area contributed by atoms with Gasteiger partial charge in [0.15, 0.2) is 5.13 Å². The highest BCUT2D eigenvalue weighted by Crippen LogP contribution is 2.35. The molecule has 106 valence electrons. The Bertz CT molecular complexity index is 728. The number of nitriles is 1. The third-order valence-electron chi connectivity index (χ3n) is 3.33. The van der Waals surface area contributed by atoms with Crippen molar-refractivity contribution in [1.82, 2.24) is 4.98 Å². The Kier molecular flexibility index (Phi) is 3.40. The van der Waals surface area contributed by atoms with Gasteiger partial charge in [0.2, 0.25) is 0 Å². The summed E-state index contributed by atoms with van der Waals surface area (Å²) in [5.74, 6) is 0. The molecule has 1 aromatic carbocycles. The largest absolute Gasteiger partial charge is 0.468 e. The lowest BCUT2D eigenvalue weighted by atomic mass is 10.1. The van der Waals surface area contributed by atoms with Crippen LogP contribution in [0.1, 0.15) is 19.4 Å². The predicted octanol–water partition coefficient (Wildman–Crippen LogP) is 3.58. The fourth-order valence-electron chi connectivity index (χ4n) is 2.17. The lowest BCUT2D eigenvalue weighted by molar-refractivity contribution is 0.296. The number of hydrogen-bond donors (Lipinski definition) is 0. The van der Waals surface area contributed by atoms with Crippen LogP contribution in [0.2, 0.25) is 0 Å². The van der Waals surface area contributed by atoms with E-state index in [-0.39, 0.29) is 5.54 Å². The average Bonchev–Trinajstić information content (AvgIpc) is 3.04. The minimum Gasteiger partial charge on any atom is -0.468 e. The highest BCUT2D eigenvalue weighted by molar-refractivity contribution is 7.80. The van der Waals surface area contributed by atoms with E-state index in [9.17, 15) is 0 Å². The summed E-state index contributed by atoms with van der Waals surface area (Å²) in [6, 6.07) is 9.51. The highest BCUT2D eigenvalue weighted by Gasteiger charge is 2.40. The van der Waals surface area contributed by atoms with Gasteiger partial charge in [-0.3, -0.25) is 4.90 Å². The van der Waals surface area contributed by atoms with Crippen molar-refractivity contribution in [3.05, 3.63) is 35.2 Å². The smallest absolute Gasteiger partial charge is 0.266 e.